The van der Waals surface area contributed by atoms with Crippen molar-refractivity contribution in [3.8, 4) is 0 Å². The average Bonchev–Trinajstić information content (AvgIpc) is 2.32. The Balaban J connectivity index is 2.28. The van der Waals surface area contributed by atoms with Gasteiger partial charge in [0.15, 0.2) is 0 Å². The Morgan fingerprint density at radius 1 is 1.00 bits per heavy atom. The fourth-order valence-electron chi connectivity index (χ4n) is 1.60. The van der Waals surface area contributed by atoms with Crippen LogP contribution in [-0.2, 0) is 0 Å². The number of benzene rings is 2. The van der Waals surface area contributed by atoms with Crippen molar-refractivity contribution in [1.82, 2.24) is 0 Å². The molecule has 0 bridgehead atoms. The lowest BCUT2D eigenvalue weighted by molar-refractivity contribution is 0.102. The smallest absolute Gasteiger partial charge is 0.255 e. The molecule has 98 valence electrons. The van der Waals surface area contributed by atoms with Crippen molar-refractivity contribution in [2.45, 2.75) is 0 Å². The SMILES string of the molecule is Nc1cc(N)cc(C(=O)Nc2cc(Br)ccc2Br)c1. The van der Waals surface area contributed by atoms with E-state index in [1.54, 1.807) is 24.3 Å². The summed E-state index contributed by atoms with van der Waals surface area (Å²) >= 11 is 6.73. The van der Waals surface area contributed by atoms with E-state index in [2.05, 4.69) is 37.2 Å². The Labute approximate surface area is 127 Å². The van der Waals surface area contributed by atoms with E-state index >= 15 is 0 Å². The molecule has 19 heavy (non-hydrogen) atoms. The first-order valence-electron chi connectivity index (χ1n) is 5.38. The molecule has 2 aromatic carbocycles. The van der Waals surface area contributed by atoms with Gasteiger partial charge in [0.25, 0.3) is 5.91 Å². The van der Waals surface area contributed by atoms with Crippen LogP contribution in [0.1, 0.15) is 10.4 Å². The second-order valence-corrected chi connectivity index (χ2v) is 5.74. The van der Waals surface area contributed by atoms with Crippen LogP contribution in [-0.4, -0.2) is 5.91 Å². The Morgan fingerprint density at radius 2 is 1.63 bits per heavy atom. The van der Waals surface area contributed by atoms with E-state index in [9.17, 15) is 4.79 Å². The number of rotatable bonds is 2. The van der Waals surface area contributed by atoms with E-state index in [0.29, 0.717) is 22.6 Å². The molecule has 0 heterocycles. The molecule has 0 unspecified atom stereocenters. The number of nitrogens with two attached hydrogens (primary N) is 2. The van der Waals surface area contributed by atoms with Gasteiger partial charge in [0, 0.05) is 25.9 Å². The highest BCUT2D eigenvalue weighted by Gasteiger charge is 2.10. The van der Waals surface area contributed by atoms with Gasteiger partial charge in [-0.05, 0) is 52.3 Å². The topological polar surface area (TPSA) is 81.1 Å². The number of nitrogens with one attached hydrogen (secondary N) is 1. The average molecular weight is 385 g/mol. The minimum atomic E-state index is -0.266. The summed E-state index contributed by atoms with van der Waals surface area (Å²) in [6, 6.07) is 10.3. The maximum Gasteiger partial charge on any atom is 0.255 e. The molecule has 4 nitrogen and oxygen atoms in total. The molecule has 2 aromatic rings. The summed E-state index contributed by atoms with van der Waals surface area (Å²) in [6.45, 7) is 0. The second-order valence-electron chi connectivity index (χ2n) is 3.97. The molecule has 0 aliphatic rings. The normalized spacial score (nSPS) is 10.2. The van der Waals surface area contributed by atoms with Crippen LogP contribution in [0.15, 0.2) is 45.3 Å². The summed E-state index contributed by atoms with van der Waals surface area (Å²) < 4.78 is 1.67. The molecule has 0 aliphatic heterocycles. The van der Waals surface area contributed by atoms with Crippen LogP contribution in [0.25, 0.3) is 0 Å². The maximum atomic E-state index is 12.1. The van der Waals surface area contributed by atoms with Gasteiger partial charge < -0.3 is 16.8 Å². The summed E-state index contributed by atoms with van der Waals surface area (Å²) in [7, 11) is 0. The summed E-state index contributed by atoms with van der Waals surface area (Å²) in [4.78, 5) is 12.1. The fraction of sp³-hybridized carbons (Fsp3) is 0. The van der Waals surface area contributed by atoms with Crippen LogP contribution in [0.2, 0.25) is 0 Å². The van der Waals surface area contributed by atoms with Gasteiger partial charge in [-0.3, -0.25) is 4.79 Å². The molecule has 0 aromatic heterocycles. The first-order valence-corrected chi connectivity index (χ1v) is 6.97. The highest BCUT2D eigenvalue weighted by Crippen LogP contribution is 2.27. The van der Waals surface area contributed by atoms with Crippen LogP contribution >= 0.6 is 31.9 Å². The lowest BCUT2D eigenvalue weighted by atomic mass is 10.1. The fourth-order valence-corrected chi connectivity index (χ4v) is 2.30. The van der Waals surface area contributed by atoms with Crippen molar-refractivity contribution in [3.05, 3.63) is 50.9 Å². The Kier molecular flexibility index (Phi) is 4.11. The molecule has 5 N–H and O–H groups in total. The largest absolute Gasteiger partial charge is 0.399 e. The zero-order valence-electron chi connectivity index (χ0n) is 9.78. The molecule has 0 saturated carbocycles. The first-order chi connectivity index (χ1) is 8.95. The van der Waals surface area contributed by atoms with E-state index in [0.717, 1.165) is 8.95 Å². The Morgan fingerprint density at radius 3 is 2.26 bits per heavy atom. The zero-order chi connectivity index (χ0) is 14.0. The van der Waals surface area contributed by atoms with Crippen molar-refractivity contribution in [2.75, 3.05) is 16.8 Å². The molecular formula is C13H11Br2N3O. The molecule has 0 radical (unpaired) electrons. The van der Waals surface area contributed by atoms with Crippen molar-refractivity contribution in [1.29, 1.82) is 0 Å². The number of anilines is 3. The minimum Gasteiger partial charge on any atom is -0.399 e. The molecule has 2 rings (SSSR count). The highest BCUT2D eigenvalue weighted by molar-refractivity contribution is 9.11. The van der Waals surface area contributed by atoms with Gasteiger partial charge in [-0.1, -0.05) is 15.9 Å². The summed E-state index contributed by atoms with van der Waals surface area (Å²) in [5.41, 5.74) is 13.3. The van der Waals surface area contributed by atoms with Crippen LogP contribution in [0.4, 0.5) is 17.1 Å². The third-order valence-corrected chi connectivity index (χ3v) is 3.60. The monoisotopic (exact) mass is 383 g/mol. The van der Waals surface area contributed by atoms with E-state index in [4.69, 9.17) is 11.5 Å². The van der Waals surface area contributed by atoms with E-state index in [1.807, 2.05) is 12.1 Å². The number of carbonyl (C=O) groups is 1. The Bertz CT molecular complexity index is 624. The molecule has 0 fully saturated rings. The second kappa shape index (κ2) is 5.63. The molecule has 6 heteroatoms. The predicted molar refractivity (Wildman–Crippen MR) is 85.1 cm³/mol. The number of halogens is 2. The number of hydrogen-bond acceptors (Lipinski definition) is 3. The Hall–Kier alpha value is -1.53. The number of carbonyl (C=O) groups excluding carboxylic acids is 1. The van der Waals surface area contributed by atoms with Crippen molar-refractivity contribution in [3.63, 3.8) is 0 Å². The van der Waals surface area contributed by atoms with Crippen molar-refractivity contribution < 1.29 is 4.79 Å². The lowest BCUT2D eigenvalue weighted by Gasteiger charge is -2.09. The van der Waals surface area contributed by atoms with E-state index in [-0.39, 0.29) is 5.91 Å². The number of nitrogen functional groups attached to an aromatic ring is 2. The molecule has 1 amide bonds. The molecule has 0 aliphatic carbocycles. The molecule has 0 spiro atoms. The zero-order valence-corrected chi connectivity index (χ0v) is 13.0. The van der Waals surface area contributed by atoms with E-state index in [1.165, 1.54) is 0 Å². The van der Waals surface area contributed by atoms with Crippen molar-refractivity contribution in [2.24, 2.45) is 0 Å². The van der Waals surface area contributed by atoms with E-state index < -0.39 is 0 Å². The van der Waals surface area contributed by atoms with Gasteiger partial charge in [0.05, 0.1) is 5.69 Å². The number of amides is 1. The third kappa shape index (κ3) is 3.48. The summed E-state index contributed by atoms with van der Waals surface area (Å²) in [5.74, 6) is -0.266. The highest BCUT2D eigenvalue weighted by atomic mass is 79.9. The van der Waals surface area contributed by atoms with Gasteiger partial charge in [0.2, 0.25) is 0 Å². The summed E-state index contributed by atoms with van der Waals surface area (Å²) in [6.07, 6.45) is 0. The number of hydrogen-bond donors (Lipinski definition) is 3. The van der Waals surface area contributed by atoms with Gasteiger partial charge >= 0.3 is 0 Å². The third-order valence-electron chi connectivity index (χ3n) is 2.42. The quantitative estimate of drug-likeness (QED) is 0.691. The minimum absolute atomic E-state index is 0.266. The van der Waals surface area contributed by atoms with Crippen LogP contribution in [0, 0.1) is 0 Å². The van der Waals surface area contributed by atoms with Gasteiger partial charge in [-0.15, -0.1) is 0 Å². The maximum absolute atomic E-state index is 12.1. The van der Waals surface area contributed by atoms with Gasteiger partial charge in [-0.2, -0.15) is 0 Å². The molecule has 0 atom stereocenters. The van der Waals surface area contributed by atoms with Crippen LogP contribution < -0.4 is 16.8 Å². The molecular weight excluding hydrogens is 374 g/mol. The van der Waals surface area contributed by atoms with Gasteiger partial charge in [-0.25, -0.2) is 0 Å². The van der Waals surface area contributed by atoms with Gasteiger partial charge in [0.1, 0.15) is 0 Å². The van der Waals surface area contributed by atoms with Crippen LogP contribution in [0.5, 0.6) is 0 Å². The summed E-state index contributed by atoms with van der Waals surface area (Å²) in [5, 5.41) is 2.79. The standard InChI is InChI=1S/C13H11Br2N3O/c14-8-1-2-11(15)12(5-8)18-13(19)7-3-9(16)6-10(17)4-7/h1-6H,16-17H2,(H,18,19). The van der Waals surface area contributed by atoms with Crippen molar-refractivity contribution >= 4 is 54.8 Å². The lowest BCUT2D eigenvalue weighted by Crippen LogP contribution is -2.13. The predicted octanol–water partition coefficient (Wildman–Crippen LogP) is 3.63. The molecule has 0 saturated heterocycles. The van der Waals surface area contributed by atoms with Crippen LogP contribution in [0.3, 0.4) is 0 Å². The first kappa shape index (κ1) is 13.9.